The molecule has 0 saturated heterocycles. The smallest absolute Gasteiger partial charge is 0.304 e. The quantitative estimate of drug-likeness (QED) is 0.478. The first kappa shape index (κ1) is 19.7. The molecule has 1 atom stereocenters. The molecule has 28 heavy (non-hydrogen) atoms. The average Bonchev–Trinajstić information content (AvgIpc) is 3.11. The van der Waals surface area contributed by atoms with Crippen molar-refractivity contribution in [1.82, 2.24) is 9.97 Å². The van der Waals surface area contributed by atoms with Gasteiger partial charge in [-0.25, -0.2) is 4.98 Å². The van der Waals surface area contributed by atoms with Crippen LogP contribution in [0.5, 0.6) is 5.75 Å². The number of nitrogens with zero attached hydrogens (tertiary/aromatic N) is 1. The van der Waals surface area contributed by atoms with Crippen LogP contribution in [-0.4, -0.2) is 34.7 Å². The molecule has 3 rings (SSSR count). The molecular formula is C22H27N3O3. The molecule has 3 N–H and O–H groups in total. The normalized spacial score (nSPS) is 12.1. The van der Waals surface area contributed by atoms with E-state index in [0.717, 1.165) is 53.1 Å². The lowest BCUT2D eigenvalue weighted by molar-refractivity contribution is -0.137. The molecule has 0 aliphatic rings. The van der Waals surface area contributed by atoms with Crippen LogP contribution in [0.2, 0.25) is 0 Å². The van der Waals surface area contributed by atoms with E-state index in [9.17, 15) is 9.90 Å². The lowest BCUT2D eigenvalue weighted by Gasteiger charge is -2.11. The van der Waals surface area contributed by atoms with Crippen LogP contribution in [-0.2, 0) is 11.2 Å². The minimum absolute atomic E-state index is 0.00444. The van der Waals surface area contributed by atoms with Gasteiger partial charge in [-0.3, -0.25) is 4.79 Å². The van der Waals surface area contributed by atoms with Crippen molar-refractivity contribution in [2.75, 3.05) is 19.0 Å². The molecule has 0 fully saturated rings. The molecule has 6 heteroatoms. The number of hydrogen-bond acceptors (Lipinski definition) is 4. The van der Waals surface area contributed by atoms with Gasteiger partial charge < -0.3 is 20.1 Å². The third-order valence-corrected chi connectivity index (χ3v) is 4.80. The van der Waals surface area contributed by atoms with E-state index in [4.69, 9.17) is 4.74 Å². The maximum absolute atomic E-state index is 11.2. The summed E-state index contributed by atoms with van der Waals surface area (Å²) in [5.41, 5.74) is 2.95. The fourth-order valence-electron chi connectivity index (χ4n) is 3.40. The lowest BCUT2D eigenvalue weighted by Crippen LogP contribution is -2.06. The van der Waals surface area contributed by atoms with E-state index in [0.29, 0.717) is 6.61 Å². The monoisotopic (exact) mass is 381 g/mol. The summed E-state index contributed by atoms with van der Waals surface area (Å²) >= 11 is 0. The third kappa shape index (κ3) is 5.03. The molecule has 2 aromatic heterocycles. The van der Waals surface area contributed by atoms with E-state index in [1.807, 2.05) is 49.5 Å². The number of carboxylic acids is 1. The zero-order valence-electron chi connectivity index (χ0n) is 16.4. The largest absolute Gasteiger partial charge is 0.493 e. The highest BCUT2D eigenvalue weighted by Gasteiger charge is 2.17. The summed E-state index contributed by atoms with van der Waals surface area (Å²) in [6.45, 7) is 2.62. The van der Waals surface area contributed by atoms with E-state index < -0.39 is 5.97 Å². The molecule has 1 aromatic carbocycles. The molecule has 3 aromatic rings. The van der Waals surface area contributed by atoms with Crippen molar-refractivity contribution in [3.05, 3.63) is 53.9 Å². The predicted molar refractivity (Wildman–Crippen MR) is 111 cm³/mol. The number of hydrogen-bond donors (Lipinski definition) is 3. The number of benzene rings is 1. The SMILES string of the molecule is CCCC(CC(=O)O)c1cc2cc(OCCc3cccc(NC)n3)ccc2[nH]1. The Morgan fingerprint density at radius 2 is 2.14 bits per heavy atom. The number of aromatic nitrogens is 2. The van der Waals surface area contributed by atoms with E-state index in [1.165, 1.54) is 0 Å². The van der Waals surface area contributed by atoms with Crippen molar-refractivity contribution in [3.63, 3.8) is 0 Å². The summed E-state index contributed by atoms with van der Waals surface area (Å²) in [4.78, 5) is 19.0. The maximum atomic E-state index is 11.2. The number of aliphatic carboxylic acids is 1. The van der Waals surface area contributed by atoms with Gasteiger partial charge in [-0.05, 0) is 42.8 Å². The number of H-pyrrole nitrogens is 1. The highest BCUT2D eigenvalue weighted by molar-refractivity contribution is 5.82. The summed E-state index contributed by atoms with van der Waals surface area (Å²) < 4.78 is 5.90. The van der Waals surface area contributed by atoms with Crippen LogP contribution in [0.4, 0.5) is 5.82 Å². The second kappa shape index (κ2) is 9.26. The molecule has 0 amide bonds. The summed E-state index contributed by atoms with van der Waals surface area (Å²) in [5.74, 6) is 0.886. The van der Waals surface area contributed by atoms with Gasteiger partial charge in [0.25, 0.3) is 0 Å². The number of carboxylic acid groups (broad SMARTS) is 1. The summed E-state index contributed by atoms with van der Waals surface area (Å²) in [5, 5.41) is 13.2. The molecule has 0 spiro atoms. The molecule has 2 heterocycles. The predicted octanol–water partition coefficient (Wildman–Crippen LogP) is 4.58. The van der Waals surface area contributed by atoms with Gasteiger partial charge in [0.05, 0.1) is 13.0 Å². The van der Waals surface area contributed by atoms with E-state index in [1.54, 1.807) is 0 Å². The summed E-state index contributed by atoms with van der Waals surface area (Å²) in [7, 11) is 1.85. The van der Waals surface area contributed by atoms with Gasteiger partial charge in [-0.2, -0.15) is 0 Å². The minimum atomic E-state index is -0.767. The van der Waals surface area contributed by atoms with Crippen LogP contribution < -0.4 is 10.1 Å². The first-order valence-corrected chi connectivity index (χ1v) is 9.70. The van der Waals surface area contributed by atoms with Gasteiger partial charge in [-0.15, -0.1) is 0 Å². The molecule has 148 valence electrons. The van der Waals surface area contributed by atoms with Crippen molar-refractivity contribution in [3.8, 4) is 5.75 Å². The molecule has 0 saturated carbocycles. The summed E-state index contributed by atoms with van der Waals surface area (Å²) in [6.07, 6.45) is 2.66. The number of pyridine rings is 1. The maximum Gasteiger partial charge on any atom is 0.304 e. The number of anilines is 1. The number of nitrogens with one attached hydrogen (secondary N) is 2. The topological polar surface area (TPSA) is 87.2 Å². The molecular weight excluding hydrogens is 354 g/mol. The van der Waals surface area contributed by atoms with Crippen molar-refractivity contribution >= 4 is 22.7 Å². The Morgan fingerprint density at radius 1 is 1.29 bits per heavy atom. The van der Waals surface area contributed by atoms with Crippen molar-refractivity contribution in [2.24, 2.45) is 0 Å². The molecule has 0 radical (unpaired) electrons. The number of rotatable bonds is 10. The van der Waals surface area contributed by atoms with Crippen molar-refractivity contribution < 1.29 is 14.6 Å². The van der Waals surface area contributed by atoms with E-state index in [2.05, 4.69) is 22.2 Å². The fourth-order valence-corrected chi connectivity index (χ4v) is 3.40. The zero-order valence-corrected chi connectivity index (χ0v) is 16.4. The van der Waals surface area contributed by atoms with Gasteiger partial charge >= 0.3 is 5.97 Å². The van der Waals surface area contributed by atoms with Gasteiger partial charge in [0.15, 0.2) is 0 Å². The Morgan fingerprint density at radius 3 is 2.89 bits per heavy atom. The first-order chi connectivity index (χ1) is 13.6. The van der Waals surface area contributed by atoms with Crippen LogP contribution in [0.15, 0.2) is 42.5 Å². The number of aromatic amines is 1. The Balaban J connectivity index is 1.67. The summed E-state index contributed by atoms with van der Waals surface area (Å²) in [6, 6.07) is 13.9. The van der Waals surface area contributed by atoms with Gasteiger partial charge in [-0.1, -0.05) is 19.4 Å². The Labute approximate surface area is 165 Å². The first-order valence-electron chi connectivity index (χ1n) is 9.70. The van der Waals surface area contributed by atoms with Crippen molar-refractivity contribution in [2.45, 2.75) is 38.5 Å². The Hall–Kier alpha value is -3.02. The van der Waals surface area contributed by atoms with Gasteiger partial charge in [0.2, 0.25) is 0 Å². The minimum Gasteiger partial charge on any atom is -0.493 e. The zero-order chi connectivity index (χ0) is 19.9. The fraction of sp³-hybridized carbons (Fsp3) is 0.364. The average molecular weight is 381 g/mol. The van der Waals surface area contributed by atoms with E-state index in [-0.39, 0.29) is 12.3 Å². The van der Waals surface area contributed by atoms with Crippen LogP contribution >= 0.6 is 0 Å². The molecule has 0 aliphatic carbocycles. The Bertz CT molecular complexity index is 936. The highest BCUT2D eigenvalue weighted by atomic mass is 16.5. The van der Waals surface area contributed by atoms with Crippen LogP contribution in [0.25, 0.3) is 10.9 Å². The van der Waals surface area contributed by atoms with E-state index >= 15 is 0 Å². The second-order valence-corrected chi connectivity index (χ2v) is 6.92. The molecule has 0 aliphatic heterocycles. The van der Waals surface area contributed by atoms with Crippen molar-refractivity contribution in [1.29, 1.82) is 0 Å². The standard InChI is InChI=1S/C22H27N3O3/c1-3-5-15(14-22(26)27)20-13-16-12-18(8-9-19(16)25-20)28-11-10-17-6-4-7-21(23-2)24-17/h4,6-9,12-13,15,25H,3,5,10-11,14H2,1-2H3,(H,23,24)(H,26,27). The molecule has 0 bridgehead atoms. The molecule has 6 nitrogen and oxygen atoms in total. The molecule has 1 unspecified atom stereocenters. The van der Waals surface area contributed by atoms with Crippen LogP contribution in [0.1, 0.15) is 43.5 Å². The number of ether oxygens (including phenoxy) is 1. The van der Waals surface area contributed by atoms with Gasteiger partial charge in [0, 0.05) is 41.7 Å². The van der Waals surface area contributed by atoms with Crippen LogP contribution in [0.3, 0.4) is 0 Å². The number of carbonyl (C=O) groups is 1. The van der Waals surface area contributed by atoms with Crippen LogP contribution in [0, 0.1) is 0 Å². The Kier molecular flexibility index (Phi) is 6.53. The highest BCUT2D eigenvalue weighted by Crippen LogP contribution is 2.29. The third-order valence-electron chi connectivity index (χ3n) is 4.80. The lowest BCUT2D eigenvalue weighted by atomic mass is 9.96. The second-order valence-electron chi connectivity index (χ2n) is 6.92. The number of fused-ring (bicyclic) bond motifs is 1. The van der Waals surface area contributed by atoms with Gasteiger partial charge in [0.1, 0.15) is 11.6 Å².